The van der Waals surface area contributed by atoms with Crippen molar-refractivity contribution in [3.05, 3.63) is 42.1 Å². The van der Waals surface area contributed by atoms with E-state index in [2.05, 4.69) is 35.6 Å². The lowest BCUT2D eigenvalue weighted by Gasteiger charge is -2.35. The predicted octanol–water partition coefficient (Wildman–Crippen LogP) is 3.00. The predicted molar refractivity (Wildman–Crippen MR) is 90.8 cm³/mol. The number of para-hydroxylation sites is 2. The third-order valence-electron chi connectivity index (χ3n) is 4.25. The first-order valence-electron chi connectivity index (χ1n) is 8.14. The Bertz CT molecular complexity index is 652. The summed E-state index contributed by atoms with van der Waals surface area (Å²) >= 11 is 0. The van der Waals surface area contributed by atoms with Gasteiger partial charge in [-0.15, -0.1) is 0 Å². The van der Waals surface area contributed by atoms with Crippen LogP contribution in [0.1, 0.15) is 32.4 Å². The highest BCUT2D eigenvalue weighted by Gasteiger charge is 2.22. The number of nitrogens with zero attached hydrogens (tertiary/aromatic N) is 3. The average Bonchev–Trinajstić information content (AvgIpc) is 2.97. The van der Waals surface area contributed by atoms with Crippen molar-refractivity contribution >= 4 is 5.69 Å². The fraction of sp³-hybridized carbons (Fsp3) is 0.500. The standard InChI is InChI=1S/C18H25N3O2/c1-18(2,3)16-12-19-17(23-16)13-20-8-10-21(11-9-20)14-6-4-5-7-15(14)22/h4-7,12,22H,8-11,13H2,1-3H3. The van der Waals surface area contributed by atoms with Crippen LogP contribution in [0, 0.1) is 0 Å². The lowest BCUT2D eigenvalue weighted by Crippen LogP contribution is -2.46. The Balaban J connectivity index is 1.57. The van der Waals surface area contributed by atoms with Gasteiger partial charge >= 0.3 is 0 Å². The van der Waals surface area contributed by atoms with E-state index in [9.17, 15) is 5.11 Å². The lowest BCUT2D eigenvalue weighted by atomic mass is 9.94. The van der Waals surface area contributed by atoms with E-state index in [1.807, 2.05) is 24.4 Å². The number of phenols is 1. The average molecular weight is 315 g/mol. The van der Waals surface area contributed by atoms with Crippen LogP contribution in [-0.2, 0) is 12.0 Å². The summed E-state index contributed by atoms with van der Waals surface area (Å²) in [7, 11) is 0. The molecule has 2 heterocycles. The minimum Gasteiger partial charge on any atom is -0.506 e. The molecule has 0 unspecified atom stereocenters. The van der Waals surface area contributed by atoms with Crippen molar-refractivity contribution in [3.8, 4) is 5.75 Å². The summed E-state index contributed by atoms with van der Waals surface area (Å²) in [5.74, 6) is 2.06. The Morgan fingerprint density at radius 2 is 1.83 bits per heavy atom. The zero-order valence-corrected chi connectivity index (χ0v) is 14.1. The van der Waals surface area contributed by atoms with Gasteiger partial charge in [-0.1, -0.05) is 32.9 Å². The number of benzene rings is 1. The molecule has 1 N–H and O–H groups in total. The molecule has 2 aromatic rings. The Hall–Kier alpha value is -2.01. The molecule has 3 rings (SSSR count). The smallest absolute Gasteiger partial charge is 0.208 e. The molecule has 1 fully saturated rings. The van der Waals surface area contributed by atoms with Gasteiger partial charge in [0.15, 0.2) is 0 Å². The first-order chi connectivity index (χ1) is 10.9. The Morgan fingerprint density at radius 1 is 1.13 bits per heavy atom. The van der Waals surface area contributed by atoms with Crippen LogP contribution in [0.2, 0.25) is 0 Å². The number of hydrogen-bond donors (Lipinski definition) is 1. The van der Waals surface area contributed by atoms with Gasteiger partial charge in [-0.25, -0.2) is 4.98 Å². The summed E-state index contributed by atoms with van der Waals surface area (Å²) < 4.78 is 5.88. The second kappa shape index (κ2) is 6.24. The van der Waals surface area contributed by atoms with Crippen LogP contribution in [0.25, 0.3) is 0 Å². The first kappa shape index (κ1) is 15.9. The van der Waals surface area contributed by atoms with Crippen molar-refractivity contribution in [2.24, 2.45) is 0 Å². The lowest BCUT2D eigenvalue weighted by molar-refractivity contribution is 0.220. The normalized spacial score (nSPS) is 16.7. The highest BCUT2D eigenvalue weighted by molar-refractivity contribution is 5.57. The van der Waals surface area contributed by atoms with Crippen LogP contribution in [0.5, 0.6) is 5.75 Å². The first-order valence-corrected chi connectivity index (χ1v) is 8.14. The molecule has 0 radical (unpaired) electrons. The number of aromatic hydroxyl groups is 1. The fourth-order valence-electron chi connectivity index (χ4n) is 2.80. The number of piperazine rings is 1. The molecule has 0 aliphatic carbocycles. The molecular weight excluding hydrogens is 290 g/mol. The molecule has 0 bridgehead atoms. The van der Waals surface area contributed by atoms with Crippen LogP contribution in [0.15, 0.2) is 34.9 Å². The monoisotopic (exact) mass is 315 g/mol. The number of rotatable bonds is 3. The third kappa shape index (κ3) is 3.67. The third-order valence-corrected chi connectivity index (χ3v) is 4.25. The van der Waals surface area contributed by atoms with E-state index >= 15 is 0 Å². The van der Waals surface area contributed by atoms with Gasteiger partial charge in [0.2, 0.25) is 5.89 Å². The van der Waals surface area contributed by atoms with Gasteiger partial charge in [-0.2, -0.15) is 0 Å². The quantitative estimate of drug-likeness (QED) is 0.943. The molecule has 1 aliphatic heterocycles. The molecule has 0 amide bonds. The SMILES string of the molecule is CC(C)(C)c1cnc(CN2CCN(c3ccccc3O)CC2)o1. The molecule has 0 saturated carbocycles. The number of hydrogen-bond acceptors (Lipinski definition) is 5. The van der Waals surface area contributed by atoms with E-state index < -0.39 is 0 Å². The van der Waals surface area contributed by atoms with Gasteiger partial charge in [-0.05, 0) is 12.1 Å². The van der Waals surface area contributed by atoms with E-state index in [-0.39, 0.29) is 5.41 Å². The molecule has 0 spiro atoms. The fourth-order valence-corrected chi connectivity index (χ4v) is 2.80. The van der Waals surface area contributed by atoms with Gasteiger partial charge in [0.25, 0.3) is 0 Å². The highest BCUT2D eigenvalue weighted by atomic mass is 16.4. The maximum Gasteiger partial charge on any atom is 0.208 e. The zero-order chi connectivity index (χ0) is 16.4. The van der Waals surface area contributed by atoms with Crippen LogP contribution in [0.3, 0.4) is 0 Å². The molecule has 5 nitrogen and oxygen atoms in total. The Kier molecular flexibility index (Phi) is 4.31. The molecule has 23 heavy (non-hydrogen) atoms. The second-order valence-corrected chi connectivity index (χ2v) is 7.12. The largest absolute Gasteiger partial charge is 0.506 e. The van der Waals surface area contributed by atoms with E-state index in [0.717, 1.165) is 50.1 Å². The van der Waals surface area contributed by atoms with Crippen LogP contribution < -0.4 is 4.90 Å². The molecule has 1 saturated heterocycles. The van der Waals surface area contributed by atoms with E-state index in [1.54, 1.807) is 6.07 Å². The Morgan fingerprint density at radius 3 is 2.43 bits per heavy atom. The van der Waals surface area contributed by atoms with Crippen LogP contribution in [-0.4, -0.2) is 41.2 Å². The van der Waals surface area contributed by atoms with Crippen molar-refractivity contribution in [1.82, 2.24) is 9.88 Å². The summed E-state index contributed by atoms with van der Waals surface area (Å²) in [6, 6.07) is 7.52. The molecule has 1 aromatic heterocycles. The second-order valence-electron chi connectivity index (χ2n) is 7.12. The summed E-state index contributed by atoms with van der Waals surface area (Å²) in [5, 5.41) is 9.96. The van der Waals surface area contributed by atoms with Gasteiger partial charge in [0.1, 0.15) is 11.5 Å². The summed E-state index contributed by atoms with van der Waals surface area (Å²) in [6.07, 6.45) is 1.84. The van der Waals surface area contributed by atoms with Crippen molar-refractivity contribution < 1.29 is 9.52 Å². The zero-order valence-electron chi connectivity index (χ0n) is 14.1. The van der Waals surface area contributed by atoms with Crippen molar-refractivity contribution in [2.45, 2.75) is 32.7 Å². The maximum atomic E-state index is 9.96. The van der Waals surface area contributed by atoms with Crippen molar-refractivity contribution in [3.63, 3.8) is 0 Å². The molecule has 124 valence electrons. The summed E-state index contributed by atoms with van der Waals surface area (Å²) in [6.45, 7) is 10.8. The van der Waals surface area contributed by atoms with Gasteiger partial charge < -0.3 is 14.4 Å². The minimum atomic E-state index is -0.00518. The van der Waals surface area contributed by atoms with Gasteiger partial charge in [-0.3, -0.25) is 4.90 Å². The minimum absolute atomic E-state index is 0.00518. The number of oxazole rings is 1. The Labute approximate surface area is 137 Å². The van der Waals surface area contributed by atoms with E-state index in [0.29, 0.717) is 5.75 Å². The molecule has 5 heteroatoms. The van der Waals surface area contributed by atoms with Crippen LogP contribution in [0.4, 0.5) is 5.69 Å². The molecule has 0 atom stereocenters. The van der Waals surface area contributed by atoms with E-state index in [1.165, 1.54) is 0 Å². The van der Waals surface area contributed by atoms with Gasteiger partial charge in [0, 0.05) is 31.6 Å². The molecule has 1 aromatic carbocycles. The van der Waals surface area contributed by atoms with Crippen molar-refractivity contribution in [2.75, 3.05) is 31.1 Å². The van der Waals surface area contributed by atoms with Gasteiger partial charge in [0.05, 0.1) is 18.4 Å². The highest BCUT2D eigenvalue weighted by Crippen LogP contribution is 2.27. The molecular formula is C18H25N3O2. The van der Waals surface area contributed by atoms with E-state index in [4.69, 9.17) is 4.42 Å². The van der Waals surface area contributed by atoms with Crippen molar-refractivity contribution in [1.29, 1.82) is 0 Å². The topological polar surface area (TPSA) is 52.7 Å². The number of aromatic nitrogens is 1. The number of anilines is 1. The number of phenolic OH excluding ortho intramolecular Hbond substituents is 1. The summed E-state index contributed by atoms with van der Waals surface area (Å²) in [4.78, 5) is 8.97. The van der Waals surface area contributed by atoms with Crippen LogP contribution >= 0.6 is 0 Å². The summed E-state index contributed by atoms with van der Waals surface area (Å²) in [5.41, 5.74) is 0.910. The maximum absolute atomic E-state index is 9.96. The molecule has 1 aliphatic rings.